The van der Waals surface area contributed by atoms with Crippen LogP contribution in [0.15, 0.2) is 59.5 Å². The predicted molar refractivity (Wildman–Crippen MR) is 101 cm³/mol. The van der Waals surface area contributed by atoms with E-state index in [9.17, 15) is 18.0 Å². The van der Waals surface area contributed by atoms with Crippen molar-refractivity contribution in [2.75, 3.05) is 0 Å². The SMILES string of the molecule is CCC(=O)OC(c1cc2cc(C(C)=O)ccc2[nH]1)S(=O)(=O)c1ccccc1. The molecule has 0 saturated carbocycles. The topological polar surface area (TPSA) is 93.3 Å². The summed E-state index contributed by atoms with van der Waals surface area (Å²) in [4.78, 5) is 26.5. The molecule has 1 aromatic heterocycles. The van der Waals surface area contributed by atoms with Crippen LogP contribution < -0.4 is 0 Å². The number of carbonyl (C=O) groups excluding carboxylic acids is 2. The zero-order chi connectivity index (χ0) is 19.6. The molecule has 0 bridgehead atoms. The minimum Gasteiger partial charge on any atom is -0.439 e. The van der Waals surface area contributed by atoms with Crippen molar-refractivity contribution in [3.63, 3.8) is 0 Å². The van der Waals surface area contributed by atoms with Crippen molar-refractivity contribution in [1.82, 2.24) is 4.98 Å². The zero-order valence-electron chi connectivity index (χ0n) is 14.9. The van der Waals surface area contributed by atoms with Gasteiger partial charge in [-0.1, -0.05) is 25.1 Å². The third kappa shape index (κ3) is 3.78. The summed E-state index contributed by atoms with van der Waals surface area (Å²) in [6.45, 7) is 3.05. The molecule has 0 fully saturated rings. The highest BCUT2D eigenvalue weighted by atomic mass is 32.2. The van der Waals surface area contributed by atoms with Crippen LogP contribution in [0.3, 0.4) is 0 Å². The van der Waals surface area contributed by atoms with Crippen molar-refractivity contribution >= 4 is 32.5 Å². The molecule has 0 radical (unpaired) electrons. The van der Waals surface area contributed by atoms with E-state index < -0.39 is 21.2 Å². The van der Waals surface area contributed by atoms with Gasteiger partial charge in [0.15, 0.2) is 5.78 Å². The van der Waals surface area contributed by atoms with Crippen LogP contribution in [0.4, 0.5) is 0 Å². The van der Waals surface area contributed by atoms with Crippen molar-refractivity contribution in [1.29, 1.82) is 0 Å². The fraction of sp³-hybridized carbons (Fsp3) is 0.200. The number of fused-ring (bicyclic) bond motifs is 1. The Morgan fingerprint density at radius 3 is 2.41 bits per heavy atom. The molecule has 0 aliphatic carbocycles. The molecule has 27 heavy (non-hydrogen) atoms. The van der Waals surface area contributed by atoms with Gasteiger partial charge in [0.1, 0.15) is 0 Å². The maximum Gasteiger partial charge on any atom is 0.307 e. The van der Waals surface area contributed by atoms with Gasteiger partial charge in [-0.3, -0.25) is 9.59 Å². The van der Waals surface area contributed by atoms with Gasteiger partial charge < -0.3 is 9.72 Å². The van der Waals surface area contributed by atoms with Crippen LogP contribution in [0, 0.1) is 0 Å². The summed E-state index contributed by atoms with van der Waals surface area (Å²) in [6, 6.07) is 14.5. The number of H-pyrrole nitrogens is 1. The molecule has 0 aliphatic rings. The summed E-state index contributed by atoms with van der Waals surface area (Å²) in [6.07, 6.45) is 0.0511. The maximum atomic E-state index is 13.1. The highest BCUT2D eigenvalue weighted by molar-refractivity contribution is 7.91. The number of nitrogens with one attached hydrogen (secondary N) is 1. The Balaban J connectivity index is 2.12. The number of ketones is 1. The van der Waals surface area contributed by atoms with Gasteiger partial charge in [0.25, 0.3) is 0 Å². The molecule has 0 saturated heterocycles. The van der Waals surface area contributed by atoms with Crippen molar-refractivity contribution in [2.24, 2.45) is 0 Å². The lowest BCUT2D eigenvalue weighted by Gasteiger charge is -2.17. The average molecular weight is 385 g/mol. The normalized spacial score (nSPS) is 12.7. The van der Waals surface area contributed by atoms with Crippen LogP contribution in [0.5, 0.6) is 0 Å². The Hall–Kier alpha value is -2.93. The van der Waals surface area contributed by atoms with Gasteiger partial charge in [0, 0.05) is 22.9 Å². The van der Waals surface area contributed by atoms with Crippen molar-refractivity contribution < 1.29 is 22.7 Å². The molecule has 7 heteroatoms. The van der Waals surface area contributed by atoms with Gasteiger partial charge in [0.05, 0.1) is 10.6 Å². The summed E-state index contributed by atoms with van der Waals surface area (Å²) in [5.74, 6) is -0.715. The molecule has 6 nitrogen and oxygen atoms in total. The van der Waals surface area contributed by atoms with Crippen molar-refractivity contribution in [3.8, 4) is 0 Å². The van der Waals surface area contributed by atoms with Crippen molar-refractivity contribution in [2.45, 2.75) is 30.6 Å². The number of rotatable bonds is 6. The molecule has 3 rings (SSSR count). The Labute approximate surface area is 157 Å². The lowest BCUT2D eigenvalue weighted by atomic mass is 10.1. The van der Waals surface area contributed by atoms with Crippen LogP contribution in [0.25, 0.3) is 10.9 Å². The predicted octanol–water partition coefficient (Wildman–Crippen LogP) is 3.80. The standard InChI is InChI=1S/C20H19NO5S/c1-3-19(23)26-20(27(24,25)16-7-5-4-6-8-16)18-12-15-11-14(13(2)22)9-10-17(15)21-18/h4-12,20-21H,3H2,1-2H3. The smallest absolute Gasteiger partial charge is 0.307 e. The molecule has 1 heterocycles. The molecule has 0 amide bonds. The molecule has 1 N–H and O–H groups in total. The lowest BCUT2D eigenvalue weighted by Crippen LogP contribution is -2.20. The quantitative estimate of drug-likeness (QED) is 0.515. The molecule has 0 spiro atoms. The first kappa shape index (κ1) is 18.8. The summed E-state index contributed by atoms with van der Waals surface area (Å²) in [5, 5.41) is 0.665. The molecular formula is C20H19NO5S. The molecule has 2 aromatic carbocycles. The highest BCUT2D eigenvalue weighted by Crippen LogP contribution is 2.32. The Morgan fingerprint density at radius 2 is 1.78 bits per heavy atom. The maximum absolute atomic E-state index is 13.1. The first-order chi connectivity index (χ1) is 12.8. The molecule has 140 valence electrons. The summed E-state index contributed by atoms with van der Waals surface area (Å²) >= 11 is 0. The number of aromatic amines is 1. The fourth-order valence-corrected chi connectivity index (χ4v) is 4.21. The molecular weight excluding hydrogens is 366 g/mol. The first-order valence-corrected chi connectivity index (χ1v) is 9.99. The van der Waals surface area contributed by atoms with Crippen LogP contribution in [0.2, 0.25) is 0 Å². The molecule has 1 unspecified atom stereocenters. The highest BCUT2D eigenvalue weighted by Gasteiger charge is 2.33. The van der Waals surface area contributed by atoms with Gasteiger partial charge in [-0.05, 0) is 43.3 Å². The van der Waals surface area contributed by atoms with Crippen molar-refractivity contribution in [3.05, 3.63) is 65.9 Å². The number of carbonyl (C=O) groups is 2. The van der Waals surface area contributed by atoms with Gasteiger partial charge in [0.2, 0.25) is 15.3 Å². The Morgan fingerprint density at radius 1 is 1.07 bits per heavy atom. The number of benzene rings is 2. The second kappa shape index (κ2) is 7.36. The number of ether oxygens (including phenoxy) is 1. The van der Waals surface area contributed by atoms with Crippen LogP contribution in [-0.4, -0.2) is 25.2 Å². The number of hydrogen-bond donors (Lipinski definition) is 1. The molecule has 1 atom stereocenters. The monoisotopic (exact) mass is 385 g/mol. The minimum atomic E-state index is -3.97. The third-order valence-electron chi connectivity index (χ3n) is 4.18. The number of Topliss-reactive ketones (excluding diaryl/α,β-unsaturated/α-hetero) is 1. The minimum absolute atomic E-state index is 0.0511. The van der Waals surface area contributed by atoms with E-state index in [2.05, 4.69) is 4.98 Å². The van der Waals surface area contributed by atoms with E-state index in [0.717, 1.165) is 0 Å². The number of esters is 1. The van der Waals surface area contributed by atoms with E-state index in [-0.39, 0.29) is 22.8 Å². The Bertz CT molecular complexity index is 1100. The molecule has 0 aliphatic heterocycles. The largest absolute Gasteiger partial charge is 0.439 e. The number of sulfone groups is 1. The van der Waals surface area contributed by atoms with Gasteiger partial charge in [-0.15, -0.1) is 0 Å². The third-order valence-corrected chi connectivity index (χ3v) is 6.03. The van der Waals surface area contributed by atoms with E-state index in [0.29, 0.717) is 16.5 Å². The van der Waals surface area contributed by atoms with Gasteiger partial charge in [-0.25, -0.2) is 8.42 Å². The van der Waals surface area contributed by atoms with Crippen LogP contribution >= 0.6 is 0 Å². The first-order valence-electron chi connectivity index (χ1n) is 8.45. The Kier molecular flexibility index (Phi) is 5.14. The summed E-state index contributed by atoms with van der Waals surface area (Å²) in [7, 11) is -3.97. The summed E-state index contributed by atoms with van der Waals surface area (Å²) in [5.41, 5.74) is -0.103. The zero-order valence-corrected chi connectivity index (χ0v) is 15.7. The lowest BCUT2D eigenvalue weighted by molar-refractivity contribution is -0.145. The van der Waals surface area contributed by atoms with E-state index >= 15 is 0 Å². The van der Waals surface area contributed by atoms with E-state index in [4.69, 9.17) is 4.74 Å². The summed E-state index contributed by atoms with van der Waals surface area (Å²) < 4.78 is 31.5. The molecule has 3 aromatic rings. The fourth-order valence-electron chi connectivity index (χ4n) is 2.73. The van der Waals surface area contributed by atoms with E-state index in [1.165, 1.54) is 19.1 Å². The van der Waals surface area contributed by atoms with Gasteiger partial charge >= 0.3 is 5.97 Å². The number of aromatic nitrogens is 1. The van der Waals surface area contributed by atoms with Crippen LogP contribution in [-0.2, 0) is 19.4 Å². The van der Waals surface area contributed by atoms with Crippen LogP contribution in [0.1, 0.15) is 41.8 Å². The van der Waals surface area contributed by atoms with E-state index in [1.807, 2.05) is 0 Å². The van der Waals surface area contributed by atoms with E-state index in [1.54, 1.807) is 49.4 Å². The average Bonchev–Trinajstić information content (AvgIpc) is 3.09. The second-order valence-corrected chi connectivity index (χ2v) is 8.11. The second-order valence-electron chi connectivity index (χ2n) is 6.12. The number of hydrogen-bond acceptors (Lipinski definition) is 5. The van der Waals surface area contributed by atoms with Gasteiger partial charge in [-0.2, -0.15) is 0 Å².